The van der Waals surface area contributed by atoms with E-state index in [1.54, 1.807) is 0 Å². The van der Waals surface area contributed by atoms with Crippen LogP contribution < -0.4 is 0 Å². The van der Waals surface area contributed by atoms with E-state index >= 15 is 0 Å². The van der Waals surface area contributed by atoms with Crippen molar-refractivity contribution < 1.29 is 40.6 Å². The molecule has 1 atom stereocenters. The largest absolute Gasteiger partial charge is 0.460 e. The number of halogens is 6. The summed E-state index contributed by atoms with van der Waals surface area (Å²) in [6.07, 6.45) is -0.955. The molecule has 0 aromatic rings. The maximum atomic E-state index is 12.9. The highest BCUT2D eigenvalue weighted by Gasteiger charge is 2.69. The molecular formula is C10H14F6O3. The van der Waals surface area contributed by atoms with Gasteiger partial charge in [-0.05, 0) is 6.92 Å². The lowest BCUT2D eigenvalue weighted by Gasteiger charge is -2.30. The average Bonchev–Trinajstić information content (AvgIpc) is 2.13. The van der Waals surface area contributed by atoms with Crippen LogP contribution in [0, 0.1) is 0 Å². The van der Waals surface area contributed by atoms with E-state index in [1.807, 2.05) is 0 Å². The highest BCUT2D eigenvalue weighted by atomic mass is 19.3. The number of carbonyl (C=O) groups excluding carboxylic acids is 1. The summed E-state index contributed by atoms with van der Waals surface area (Å²) in [7, 11) is 0. The predicted octanol–water partition coefficient (Wildman–Crippen LogP) is 2.88. The lowest BCUT2D eigenvalue weighted by atomic mass is 10.1. The molecule has 0 fully saturated rings. The van der Waals surface area contributed by atoms with Crippen LogP contribution in [0.2, 0.25) is 0 Å². The van der Waals surface area contributed by atoms with Gasteiger partial charge in [0.15, 0.2) is 0 Å². The smallest absolute Gasteiger partial charge is 0.373 e. The minimum atomic E-state index is -5.54. The van der Waals surface area contributed by atoms with Crippen LogP contribution in [0.1, 0.15) is 20.8 Å². The van der Waals surface area contributed by atoms with Crippen LogP contribution in [0.15, 0.2) is 0 Å². The number of hydrogen-bond acceptors (Lipinski definition) is 3. The molecule has 3 nitrogen and oxygen atoms in total. The number of hydrogen-bond donors (Lipinski definition) is 0. The Hall–Kier alpha value is -0.990. The monoisotopic (exact) mass is 296 g/mol. The molecule has 0 aliphatic carbocycles. The second-order valence-electron chi connectivity index (χ2n) is 4.10. The summed E-state index contributed by atoms with van der Waals surface area (Å²) in [4.78, 5) is 10.5. The maximum absolute atomic E-state index is 12.9. The number of ether oxygens (including phenoxy) is 2. The van der Waals surface area contributed by atoms with Crippen molar-refractivity contribution in [2.75, 3.05) is 13.2 Å². The summed E-state index contributed by atoms with van der Waals surface area (Å²) in [5.41, 5.74) is 0. The van der Waals surface area contributed by atoms with E-state index in [1.165, 1.54) is 6.92 Å². The Balaban J connectivity index is 4.43. The number of esters is 1. The molecule has 0 saturated heterocycles. The standard InChI is InChI=1S/C10H14F6O3/c1-6(19-7(2)17)4-18-5-9(13,14)10(15,16)8(3,11)12/h6H,4-5H2,1-3H3. The molecule has 0 N–H and O–H groups in total. The average molecular weight is 296 g/mol. The first-order valence-electron chi connectivity index (χ1n) is 5.19. The van der Waals surface area contributed by atoms with E-state index in [0.717, 1.165) is 6.92 Å². The van der Waals surface area contributed by atoms with E-state index < -0.39 is 43.1 Å². The summed E-state index contributed by atoms with van der Waals surface area (Å²) in [6, 6.07) is 0. The Bertz CT molecular complexity index is 313. The highest BCUT2D eigenvalue weighted by molar-refractivity contribution is 5.66. The molecule has 0 rings (SSSR count). The Morgan fingerprint density at radius 1 is 1.16 bits per heavy atom. The maximum Gasteiger partial charge on any atom is 0.373 e. The summed E-state index contributed by atoms with van der Waals surface area (Å²) in [6.45, 7) is -0.499. The summed E-state index contributed by atoms with van der Waals surface area (Å²) >= 11 is 0. The molecule has 0 bridgehead atoms. The van der Waals surface area contributed by atoms with Crippen molar-refractivity contribution in [2.24, 2.45) is 0 Å². The van der Waals surface area contributed by atoms with E-state index in [4.69, 9.17) is 0 Å². The van der Waals surface area contributed by atoms with Gasteiger partial charge in [-0.3, -0.25) is 4.79 Å². The predicted molar refractivity (Wildman–Crippen MR) is 52.6 cm³/mol. The molecule has 0 spiro atoms. The lowest BCUT2D eigenvalue weighted by molar-refractivity contribution is -0.314. The van der Waals surface area contributed by atoms with Crippen LogP contribution in [0.4, 0.5) is 26.3 Å². The zero-order valence-electron chi connectivity index (χ0n) is 10.5. The van der Waals surface area contributed by atoms with Crippen molar-refractivity contribution in [3.63, 3.8) is 0 Å². The van der Waals surface area contributed by atoms with Gasteiger partial charge in [-0.15, -0.1) is 0 Å². The number of rotatable bonds is 7. The summed E-state index contributed by atoms with van der Waals surface area (Å²) in [5, 5.41) is 0. The van der Waals surface area contributed by atoms with Gasteiger partial charge in [0.2, 0.25) is 0 Å². The molecule has 0 aliphatic rings. The minimum Gasteiger partial charge on any atom is -0.460 e. The lowest BCUT2D eigenvalue weighted by Crippen LogP contribution is -2.55. The van der Waals surface area contributed by atoms with Crippen molar-refractivity contribution >= 4 is 5.97 Å². The number of carbonyl (C=O) groups is 1. The molecule has 9 heteroatoms. The van der Waals surface area contributed by atoms with Gasteiger partial charge in [0, 0.05) is 13.8 Å². The van der Waals surface area contributed by atoms with Crippen molar-refractivity contribution in [2.45, 2.75) is 44.6 Å². The van der Waals surface area contributed by atoms with Crippen LogP contribution in [-0.4, -0.2) is 43.1 Å². The Labute approximate surface area is 105 Å². The highest BCUT2D eigenvalue weighted by Crippen LogP contribution is 2.45. The van der Waals surface area contributed by atoms with Crippen molar-refractivity contribution in [1.29, 1.82) is 0 Å². The molecule has 0 heterocycles. The van der Waals surface area contributed by atoms with Crippen LogP contribution in [0.3, 0.4) is 0 Å². The van der Waals surface area contributed by atoms with Gasteiger partial charge in [-0.25, -0.2) is 0 Å². The Morgan fingerprint density at radius 3 is 2.00 bits per heavy atom. The quantitative estimate of drug-likeness (QED) is 0.535. The topological polar surface area (TPSA) is 35.5 Å². The molecule has 114 valence electrons. The van der Waals surface area contributed by atoms with E-state index in [9.17, 15) is 31.1 Å². The van der Waals surface area contributed by atoms with Crippen molar-refractivity contribution in [1.82, 2.24) is 0 Å². The molecule has 1 unspecified atom stereocenters. The third-order valence-corrected chi connectivity index (χ3v) is 2.01. The third kappa shape index (κ3) is 4.88. The Kier molecular flexibility index (Phi) is 5.66. The van der Waals surface area contributed by atoms with Crippen LogP contribution in [0.25, 0.3) is 0 Å². The van der Waals surface area contributed by atoms with Gasteiger partial charge in [0.1, 0.15) is 12.7 Å². The first kappa shape index (κ1) is 18.0. The van der Waals surface area contributed by atoms with Gasteiger partial charge >= 0.3 is 23.7 Å². The van der Waals surface area contributed by atoms with Gasteiger partial charge in [-0.2, -0.15) is 26.3 Å². The van der Waals surface area contributed by atoms with Gasteiger partial charge in [-0.1, -0.05) is 0 Å². The summed E-state index contributed by atoms with van der Waals surface area (Å²) in [5.74, 6) is -16.2. The fourth-order valence-electron chi connectivity index (χ4n) is 1.08. The van der Waals surface area contributed by atoms with Crippen molar-refractivity contribution in [3.8, 4) is 0 Å². The van der Waals surface area contributed by atoms with E-state index in [2.05, 4.69) is 9.47 Å². The molecular weight excluding hydrogens is 282 g/mol. The fourth-order valence-corrected chi connectivity index (χ4v) is 1.08. The first-order chi connectivity index (χ1) is 8.31. The fraction of sp³-hybridized carbons (Fsp3) is 0.900. The molecule has 0 aromatic carbocycles. The number of alkyl halides is 6. The molecule has 0 aromatic heterocycles. The van der Waals surface area contributed by atoms with Crippen molar-refractivity contribution in [3.05, 3.63) is 0 Å². The normalized spacial score (nSPS) is 15.2. The zero-order valence-corrected chi connectivity index (χ0v) is 10.5. The van der Waals surface area contributed by atoms with Crippen LogP contribution in [-0.2, 0) is 14.3 Å². The molecule has 0 radical (unpaired) electrons. The minimum absolute atomic E-state index is 0.303. The van der Waals surface area contributed by atoms with E-state index in [-0.39, 0.29) is 6.92 Å². The van der Waals surface area contributed by atoms with E-state index in [0.29, 0.717) is 0 Å². The molecule has 0 aliphatic heterocycles. The Morgan fingerprint density at radius 2 is 1.63 bits per heavy atom. The van der Waals surface area contributed by atoms with Gasteiger partial charge in [0.25, 0.3) is 0 Å². The van der Waals surface area contributed by atoms with Crippen LogP contribution >= 0.6 is 0 Å². The molecule has 19 heavy (non-hydrogen) atoms. The third-order valence-electron chi connectivity index (χ3n) is 2.01. The zero-order chi connectivity index (χ0) is 15.5. The molecule has 0 saturated carbocycles. The summed E-state index contributed by atoms with van der Waals surface area (Å²) < 4.78 is 84.9. The van der Waals surface area contributed by atoms with Gasteiger partial charge < -0.3 is 9.47 Å². The SMILES string of the molecule is CC(=O)OC(C)COCC(F)(F)C(F)(F)C(C)(F)F. The second-order valence-corrected chi connectivity index (χ2v) is 4.10. The molecule has 0 amide bonds. The second kappa shape index (κ2) is 5.98. The van der Waals surface area contributed by atoms with Crippen LogP contribution in [0.5, 0.6) is 0 Å². The first-order valence-corrected chi connectivity index (χ1v) is 5.19. The van der Waals surface area contributed by atoms with Gasteiger partial charge in [0.05, 0.1) is 6.61 Å².